The van der Waals surface area contributed by atoms with Crippen molar-refractivity contribution < 1.29 is 14.1 Å². The highest BCUT2D eigenvalue weighted by Gasteiger charge is 2.22. The van der Waals surface area contributed by atoms with E-state index in [1.807, 2.05) is 32.9 Å². The van der Waals surface area contributed by atoms with E-state index in [0.717, 1.165) is 10.0 Å². The number of anilines is 1. The van der Waals surface area contributed by atoms with Crippen molar-refractivity contribution >= 4 is 33.4 Å². The van der Waals surface area contributed by atoms with Crippen LogP contribution in [0.3, 0.4) is 0 Å². The Morgan fingerprint density at radius 2 is 1.70 bits per heavy atom. The van der Waals surface area contributed by atoms with E-state index in [0.29, 0.717) is 23.0 Å². The maximum atomic E-state index is 12.1. The molecular weight excluding hydrogens is 448 g/mol. The van der Waals surface area contributed by atoms with Crippen LogP contribution in [0.5, 0.6) is 0 Å². The molecule has 1 aromatic heterocycles. The van der Waals surface area contributed by atoms with Crippen molar-refractivity contribution in [2.24, 2.45) is 0 Å². The van der Waals surface area contributed by atoms with Gasteiger partial charge in [-0.05, 0) is 48.5 Å². The zero-order valence-corrected chi connectivity index (χ0v) is 18.6. The number of halogens is 1. The van der Waals surface area contributed by atoms with E-state index in [1.165, 1.54) is 0 Å². The van der Waals surface area contributed by atoms with E-state index in [2.05, 4.69) is 36.7 Å². The minimum atomic E-state index is -0.216. The van der Waals surface area contributed by atoms with E-state index >= 15 is 0 Å². The number of benzene rings is 2. The Labute approximate surface area is 183 Å². The number of amides is 2. The van der Waals surface area contributed by atoms with Crippen LogP contribution in [0.2, 0.25) is 0 Å². The first-order valence-electron chi connectivity index (χ1n) is 9.50. The molecule has 0 saturated carbocycles. The van der Waals surface area contributed by atoms with Gasteiger partial charge in [0.2, 0.25) is 17.6 Å². The third-order valence-corrected chi connectivity index (χ3v) is 4.77. The maximum Gasteiger partial charge on any atom is 0.251 e. The molecule has 0 bridgehead atoms. The quantitative estimate of drug-likeness (QED) is 0.550. The molecule has 3 rings (SSSR count). The van der Waals surface area contributed by atoms with E-state index < -0.39 is 0 Å². The molecular formula is C22H23BrN4O3. The Bertz CT molecular complexity index is 1020. The molecule has 0 spiro atoms. The Balaban J connectivity index is 1.49. The maximum absolute atomic E-state index is 12.1. The number of rotatable bonds is 6. The second-order valence-corrected chi connectivity index (χ2v) is 8.73. The predicted molar refractivity (Wildman–Crippen MR) is 118 cm³/mol. The molecule has 0 aliphatic heterocycles. The van der Waals surface area contributed by atoms with Crippen molar-refractivity contribution in [3.63, 3.8) is 0 Å². The summed E-state index contributed by atoms with van der Waals surface area (Å²) < 4.78 is 6.21. The summed E-state index contributed by atoms with van der Waals surface area (Å²) in [4.78, 5) is 28.6. The van der Waals surface area contributed by atoms with Crippen molar-refractivity contribution in [2.45, 2.75) is 32.6 Å². The molecule has 30 heavy (non-hydrogen) atoms. The lowest BCUT2D eigenvalue weighted by Crippen LogP contribution is -2.27. The van der Waals surface area contributed by atoms with Gasteiger partial charge in [0.15, 0.2) is 0 Å². The fraction of sp³-hybridized carbons (Fsp3) is 0.273. The molecule has 7 nitrogen and oxygen atoms in total. The van der Waals surface area contributed by atoms with Crippen LogP contribution in [0.15, 0.2) is 57.5 Å². The zero-order chi connectivity index (χ0) is 21.7. The Morgan fingerprint density at radius 3 is 2.30 bits per heavy atom. The summed E-state index contributed by atoms with van der Waals surface area (Å²) in [6.45, 7) is 6.26. The summed E-state index contributed by atoms with van der Waals surface area (Å²) in [5, 5.41) is 9.56. The van der Waals surface area contributed by atoms with Gasteiger partial charge in [-0.2, -0.15) is 4.98 Å². The number of hydrogen-bond donors (Lipinski definition) is 2. The van der Waals surface area contributed by atoms with Gasteiger partial charge in [0.05, 0.1) is 0 Å². The molecule has 1 heterocycles. The summed E-state index contributed by atoms with van der Waals surface area (Å²) in [6, 6.07) is 14.2. The van der Waals surface area contributed by atoms with Gasteiger partial charge in [-0.3, -0.25) is 9.59 Å². The first-order valence-corrected chi connectivity index (χ1v) is 10.3. The average Bonchev–Trinajstić information content (AvgIpc) is 3.20. The Kier molecular flexibility index (Phi) is 6.66. The molecule has 156 valence electrons. The summed E-state index contributed by atoms with van der Waals surface area (Å²) in [5.41, 5.74) is 1.79. The van der Waals surface area contributed by atoms with Crippen LogP contribution in [0.25, 0.3) is 11.4 Å². The van der Waals surface area contributed by atoms with Crippen LogP contribution in [0.4, 0.5) is 5.69 Å². The van der Waals surface area contributed by atoms with Gasteiger partial charge in [-0.1, -0.05) is 41.9 Å². The average molecular weight is 471 g/mol. The molecule has 0 radical (unpaired) electrons. The molecule has 2 aromatic carbocycles. The van der Waals surface area contributed by atoms with Crippen LogP contribution >= 0.6 is 15.9 Å². The summed E-state index contributed by atoms with van der Waals surface area (Å²) in [7, 11) is 0. The summed E-state index contributed by atoms with van der Waals surface area (Å²) in [6.07, 6.45) is 0.170. The number of hydrogen-bond acceptors (Lipinski definition) is 5. The van der Waals surface area contributed by atoms with Crippen molar-refractivity contribution in [1.82, 2.24) is 15.5 Å². The molecule has 0 fully saturated rings. The first kappa shape index (κ1) is 21.7. The van der Waals surface area contributed by atoms with E-state index in [4.69, 9.17) is 4.52 Å². The number of carbonyl (C=O) groups excluding carboxylic acids is 2. The van der Waals surface area contributed by atoms with Crippen LogP contribution in [0.1, 0.15) is 43.4 Å². The fourth-order valence-electron chi connectivity index (χ4n) is 2.56. The van der Waals surface area contributed by atoms with Gasteiger partial charge < -0.3 is 15.2 Å². The van der Waals surface area contributed by atoms with Gasteiger partial charge in [-0.15, -0.1) is 0 Å². The molecule has 0 saturated heterocycles. The Morgan fingerprint density at radius 1 is 1.03 bits per heavy atom. The summed E-state index contributed by atoms with van der Waals surface area (Å²) >= 11 is 3.33. The van der Waals surface area contributed by atoms with E-state index in [1.54, 1.807) is 36.4 Å². The fourth-order valence-corrected chi connectivity index (χ4v) is 2.83. The minimum Gasteiger partial charge on any atom is -0.352 e. The molecule has 8 heteroatoms. The Hall–Kier alpha value is -3.00. The number of carbonyl (C=O) groups is 2. The number of aromatic nitrogens is 2. The molecule has 3 aromatic rings. The third-order valence-electron chi connectivity index (χ3n) is 4.24. The van der Waals surface area contributed by atoms with Gasteiger partial charge in [0.1, 0.15) is 0 Å². The largest absolute Gasteiger partial charge is 0.352 e. The van der Waals surface area contributed by atoms with Crippen molar-refractivity contribution in [3.8, 4) is 11.4 Å². The second kappa shape index (κ2) is 9.21. The topological polar surface area (TPSA) is 97.1 Å². The second-order valence-electron chi connectivity index (χ2n) is 7.81. The SMILES string of the molecule is CC(C)(C)c1nc(-c2ccc(NC(=O)CCNC(=O)c3ccc(Br)cc3)cc2)no1. The van der Waals surface area contributed by atoms with Crippen LogP contribution in [-0.2, 0) is 10.2 Å². The van der Waals surface area contributed by atoms with Crippen LogP contribution in [0, 0.1) is 0 Å². The van der Waals surface area contributed by atoms with Gasteiger partial charge in [0, 0.05) is 39.7 Å². The first-order chi connectivity index (χ1) is 14.2. The highest BCUT2D eigenvalue weighted by Crippen LogP contribution is 2.24. The van der Waals surface area contributed by atoms with Crippen molar-refractivity contribution in [2.75, 3.05) is 11.9 Å². The van der Waals surface area contributed by atoms with Gasteiger partial charge in [-0.25, -0.2) is 0 Å². The molecule has 0 aliphatic carbocycles. The van der Waals surface area contributed by atoms with Gasteiger partial charge in [0.25, 0.3) is 5.91 Å². The molecule has 2 N–H and O–H groups in total. The normalized spacial score (nSPS) is 11.2. The smallest absolute Gasteiger partial charge is 0.251 e. The lowest BCUT2D eigenvalue weighted by atomic mass is 9.97. The molecule has 2 amide bonds. The highest BCUT2D eigenvalue weighted by atomic mass is 79.9. The zero-order valence-electron chi connectivity index (χ0n) is 17.0. The van der Waals surface area contributed by atoms with E-state index in [-0.39, 0.29) is 30.2 Å². The van der Waals surface area contributed by atoms with Crippen molar-refractivity contribution in [3.05, 3.63) is 64.5 Å². The minimum absolute atomic E-state index is 0.170. The monoisotopic (exact) mass is 470 g/mol. The standard InChI is InChI=1S/C22H23BrN4O3/c1-22(2,3)21-26-19(27-30-21)14-6-10-17(11-7-14)25-18(28)12-13-24-20(29)15-4-8-16(23)9-5-15/h4-11H,12-13H2,1-3H3,(H,24,29)(H,25,28). The van der Waals surface area contributed by atoms with Crippen molar-refractivity contribution in [1.29, 1.82) is 0 Å². The summed E-state index contributed by atoms with van der Waals surface area (Å²) in [5.74, 6) is 0.677. The predicted octanol–water partition coefficient (Wildman–Crippen LogP) is 4.56. The molecule has 0 aliphatic rings. The lowest BCUT2D eigenvalue weighted by Gasteiger charge is -2.10. The van der Waals surface area contributed by atoms with Gasteiger partial charge >= 0.3 is 0 Å². The molecule has 0 unspecified atom stereocenters. The highest BCUT2D eigenvalue weighted by molar-refractivity contribution is 9.10. The number of nitrogens with one attached hydrogen (secondary N) is 2. The third kappa shape index (κ3) is 5.76. The van der Waals surface area contributed by atoms with Crippen LogP contribution < -0.4 is 10.6 Å². The van der Waals surface area contributed by atoms with E-state index in [9.17, 15) is 9.59 Å². The lowest BCUT2D eigenvalue weighted by molar-refractivity contribution is -0.116. The van der Waals surface area contributed by atoms with Crippen LogP contribution in [-0.4, -0.2) is 28.5 Å². The molecule has 0 atom stereocenters. The number of nitrogens with zero attached hydrogens (tertiary/aromatic N) is 2.